The van der Waals surface area contributed by atoms with Gasteiger partial charge in [0.2, 0.25) is 0 Å². The lowest BCUT2D eigenvalue weighted by Crippen LogP contribution is -2.27. The van der Waals surface area contributed by atoms with Crippen molar-refractivity contribution in [3.05, 3.63) is 34.9 Å². The van der Waals surface area contributed by atoms with Crippen molar-refractivity contribution >= 4 is 5.91 Å². The number of aryl methyl sites for hydroxylation is 1. The van der Waals surface area contributed by atoms with Gasteiger partial charge < -0.3 is 10.0 Å². The highest BCUT2D eigenvalue weighted by Crippen LogP contribution is 2.11. The van der Waals surface area contributed by atoms with E-state index in [4.69, 9.17) is 5.11 Å². The molecule has 3 heteroatoms. The smallest absolute Gasteiger partial charge is 0.253 e. The van der Waals surface area contributed by atoms with Gasteiger partial charge in [-0.25, -0.2) is 0 Å². The van der Waals surface area contributed by atoms with E-state index < -0.39 is 0 Å². The van der Waals surface area contributed by atoms with Crippen LogP contribution in [0.25, 0.3) is 0 Å². The van der Waals surface area contributed by atoms with Gasteiger partial charge in [-0.2, -0.15) is 0 Å². The summed E-state index contributed by atoms with van der Waals surface area (Å²) in [6.45, 7) is 4.81. The third-order valence-corrected chi connectivity index (χ3v) is 2.70. The first-order valence-corrected chi connectivity index (χ1v) is 6.55. The standard InChI is InChI=1S/C16H21NO2/c1-4-8-17(3)16(19)15-11-13(2)10-14(12-15)7-5-6-9-18/h10-12,18H,4,6,8-9H2,1-3H3. The number of aliphatic hydroxyl groups excluding tert-OH is 1. The number of benzene rings is 1. The van der Waals surface area contributed by atoms with E-state index in [0.717, 1.165) is 24.1 Å². The molecule has 0 heterocycles. The molecule has 0 bridgehead atoms. The molecular weight excluding hydrogens is 238 g/mol. The fraction of sp³-hybridized carbons (Fsp3) is 0.438. The molecule has 1 aromatic carbocycles. The summed E-state index contributed by atoms with van der Waals surface area (Å²) in [5, 5.41) is 8.71. The van der Waals surface area contributed by atoms with Gasteiger partial charge in [0, 0.05) is 31.1 Å². The van der Waals surface area contributed by atoms with Gasteiger partial charge in [-0.3, -0.25) is 4.79 Å². The van der Waals surface area contributed by atoms with Crippen LogP contribution in [-0.4, -0.2) is 36.1 Å². The Hall–Kier alpha value is -1.79. The van der Waals surface area contributed by atoms with Gasteiger partial charge >= 0.3 is 0 Å². The van der Waals surface area contributed by atoms with Crippen LogP contribution in [0.15, 0.2) is 18.2 Å². The number of hydrogen-bond donors (Lipinski definition) is 1. The van der Waals surface area contributed by atoms with Crippen LogP contribution in [0.2, 0.25) is 0 Å². The summed E-state index contributed by atoms with van der Waals surface area (Å²) >= 11 is 0. The van der Waals surface area contributed by atoms with E-state index in [1.54, 1.807) is 4.90 Å². The molecule has 1 N–H and O–H groups in total. The average Bonchev–Trinajstić information content (AvgIpc) is 2.38. The van der Waals surface area contributed by atoms with E-state index in [1.807, 2.05) is 39.1 Å². The minimum absolute atomic E-state index is 0.0239. The Kier molecular flexibility index (Phi) is 6.11. The summed E-state index contributed by atoms with van der Waals surface area (Å²) in [7, 11) is 1.81. The van der Waals surface area contributed by atoms with E-state index >= 15 is 0 Å². The predicted molar refractivity (Wildman–Crippen MR) is 77.0 cm³/mol. The van der Waals surface area contributed by atoms with Gasteiger partial charge in [0.25, 0.3) is 5.91 Å². The van der Waals surface area contributed by atoms with Crippen molar-refractivity contribution in [3.63, 3.8) is 0 Å². The molecule has 0 saturated heterocycles. The number of carbonyl (C=O) groups excluding carboxylic acids is 1. The quantitative estimate of drug-likeness (QED) is 0.842. The van der Waals surface area contributed by atoms with Crippen LogP contribution in [0.3, 0.4) is 0 Å². The molecule has 0 spiro atoms. The SMILES string of the molecule is CCCN(C)C(=O)c1cc(C)cc(C#CCCO)c1. The molecule has 0 aliphatic heterocycles. The molecule has 0 aliphatic carbocycles. The van der Waals surface area contributed by atoms with Crippen LogP contribution in [0, 0.1) is 18.8 Å². The largest absolute Gasteiger partial charge is 0.395 e. The maximum Gasteiger partial charge on any atom is 0.253 e. The lowest BCUT2D eigenvalue weighted by molar-refractivity contribution is 0.0795. The summed E-state index contributed by atoms with van der Waals surface area (Å²) in [5.41, 5.74) is 2.51. The topological polar surface area (TPSA) is 40.5 Å². The van der Waals surface area contributed by atoms with E-state index in [2.05, 4.69) is 11.8 Å². The molecule has 0 atom stereocenters. The fourth-order valence-corrected chi connectivity index (χ4v) is 1.86. The van der Waals surface area contributed by atoms with Crippen LogP contribution >= 0.6 is 0 Å². The number of nitrogens with zero attached hydrogens (tertiary/aromatic N) is 1. The highest BCUT2D eigenvalue weighted by Gasteiger charge is 2.11. The number of carbonyl (C=O) groups is 1. The average molecular weight is 259 g/mol. The van der Waals surface area contributed by atoms with E-state index in [9.17, 15) is 4.79 Å². The van der Waals surface area contributed by atoms with Crippen molar-refractivity contribution < 1.29 is 9.90 Å². The van der Waals surface area contributed by atoms with Gasteiger partial charge in [0.1, 0.15) is 0 Å². The molecule has 0 radical (unpaired) electrons. The number of aliphatic hydroxyl groups is 1. The van der Waals surface area contributed by atoms with Crippen LogP contribution in [0.4, 0.5) is 0 Å². The number of rotatable bonds is 4. The molecule has 19 heavy (non-hydrogen) atoms. The Morgan fingerprint density at radius 3 is 2.74 bits per heavy atom. The van der Waals surface area contributed by atoms with Crippen LogP contribution in [0.5, 0.6) is 0 Å². The Labute approximate surface area is 115 Å². The van der Waals surface area contributed by atoms with Crippen molar-refractivity contribution in [3.8, 4) is 11.8 Å². The Morgan fingerprint density at radius 2 is 2.11 bits per heavy atom. The first kappa shape index (κ1) is 15.3. The highest BCUT2D eigenvalue weighted by molar-refractivity contribution is 5.94. The third kappa shape index (κ3) is 4.76. The molecule has 0 saturated carbocycles. The van der Waals surface area contributed by atoms with Gasteiger partial charge in [0.15, 0.2) is 0 Å². The van der Waals surface area contributed by atoms with Crippen LogP contribution < -0.4 is 0 Å². The predicted octanol–water partition coefficient (Wildman–Crippen LogP) is 2.21. The van der Waals surface area contributed by atoms with E-state index in [1.165, 1.54) is 0 Å². The highest BCUT2D eigenvalue weighted by atomic mass is 16.2. The molecule has 0 unspecified atom stereocenters. The monoisotopic (exact) mass is 259 g/mol. The van der Waals surface area contributed by atoms with Crippen molar-refractivity contribution in [2.45, 2.75) is 26.7 Å². The molecule has 3 nitrogen and oxygen atoms in total. The maximum atomic E-state index is 12.2. The maximum absolute atomic E-state index is 12.2. The summed E-state index contributed by atoms with van der Waals surface area (Å²) in [6, 6.07) is 5.64. The normalized spacial score (nSPS) is 9.68. The molecule has 102 valence electrons. The van der Waals surface area contributed by atoms with Crippen molar-refractivity contribution in [2.24, 2.45) is 0 Å². The van der Waals surface area contributed by atoms with Crippen LogP contribution in [-0.2, 0) is 0 Å². The molecular formula is C16H21NO2. The Bertz CT molecular complexity index is 497. The molecule has 0 fully saturated rings. The van der Waals surface area contributed by atoms with Gasteiger partial charge in [-0.15, -0.1) is 0 Å². The lowest BCUT2D eigenvalue weighted by Gasteiger charge is -2.16. The van der Waals surface area contributed by atoms with Gasteiger partial charge in [-0.1, -0.05) is 18.8 Å². The second-order valence-corrected chi connectivity index (χ2v) is 4.59. The zero-order valence-corrected chi connectivity index (χ0v) is 11.9. The number of hydrogen-bond acceptors (Lipinski definition) is 2. The lowest BCUT2D eigenvalue weighted by atomic mass is 10.1. The van der Waals surface area contributed by atoms with E-state index in [0.29, 0.717) is 12.0 Å². The van der Waals surface area contributed by atoms with Gasteiger partial charge in [-0.05, 0) is 37.1 Å². The van der Waals surface area contributed by atoms with Crippen molar-refractivity contribution in [1.82, 2.24) is 4.90 Å². The van der Waals surface area contributed by atoms with Crippen LogP contribution in [0.1, 0.15) is 41.3 Å². The first-order chi connectivity index (χ1) is 9.08. The second kappa shape index (κ2) is 7.60. The minimum Gasteiger partial charge on any atom is -0.395 e. The minimum atomic E-state index is 0.0239. The molecule has 1 rings (SSSR count). The molecule has 0 aliphatic rings. The second-order valence-electron chi connectivity index (χ2n) is 4.59. The fourth-order valence-electron chi connectivity index (χ4n) is 1.86. The van der Waals surface area contributed by atoms with E-state index in [-0.39, 0.29) is 12.5 Å². The zero-order chi connectivity index (χ0) is 14.3. The molecule has 1 amide bonds. The summed E-state index contributed by atoms with van der Waals surface area (Å²) < 4.78 is 0. The van der Waals surface area contributed by atoms with Crippen molar-refractivity contribution in [1.29, 1.82) is 0 Å². The van der Waals surface area contributed by atoms with Crippen molar-refractivity contribution in [2.75, 3.05) is 20.2 Å². The summed E-state index contributed by atoms with van der Waals surface area (Å²) in [6.07, 6.45) is 1.39. The number of amides is 1. The zero-order valence-electron chi connectivity index (χ0n) is 11.9. The Morgan fingerprint density at radius 1 is 1.37 bits per heavy atom. The molecule has 1 aromatic rings. The summed E-state index contributed by atoms with van der Waals surface area (Å²) in [5.74, 6) is 5.87. The third-order valence-electron chi connectivity index (χ3n) is 2.70. The molecule has 0 aromatic heterocycles. The summed E-state index contributed by atoms with van der Waals surface area (Å²) in [4.78, 5) is 13.9. The Balaban J connectivity index is 2.97. The van der Waals surface area contributed by atoms with Gasteiger partial charge in [0.05, 0.1) is 6.61 Å². The first-order valence-electron chi connectivity index (χ1n) is 6.55.